The summed E-state index contributed by atoms with van der Waals surface area (Å²) in [5, 5.41) is 7.18. The maximum Gasteiger partial charge on any atom is 0.112 e. The highest BCUT2D eigenvalue weighted by molar-refractivity contribution is 7.78. The number of isothiocyanates is 1. The lowest BCUT2D eigenvalue weighted by molar-refractivity contribution is 0.687. The van der Waals surface area contributed by atoms with E-state index < -0.39 is 0 Å². The predicted octanol–water partition coefficient (Wildman–Crippen LogP) is 3.32. The van der Waals surface area contributed by atoms with Crippen molar-refractivity contribution in [1.29, 1.82) is 0 Å². The Morgan fingerprint density at radius 3 is 3.12 bits per heavy atom. The molecule has 1 heterocycles. The maximum atomic E-state index is 5.89. The SMILES string of the molecule is S=C=Nc1cnn(Cc2cccc(Cl)c2)c1. The number of aliphatic imine (C=N–C) groups is 1. The third kappa shape index (κ3) is 2.76. The van der Waals surface area contributed by atoms with Gasteiger partial charge in [-0.1, -0.05) is 23.7 Å². The van der Waals surface area contributed by atoms with E-state index in [4.69, 9.17) is 11.6 Å². The average Bonchev–Trinajstić information content (AvgIpc) is 2.66. The summed E-state index contributed by atoms with van der Waals surface area (Å²) in [5.74, 6) is 0. The zero-order chi connectivity index (χ0) is 11.4. The molecule has 0 unspecified atom stereocenters. The summed E-state index contributed by atoms with van der Waals surface area (Å²) in [7, 11) is 0. The van der Waals surface area contributed by atoms with E-state index in [1.165, 1.54) is 0 Å². The highest BCUT2D eigenvalue weighted by Crippen LogP contribution is 2.13. The van der Waals surface area contributed by atoms with Crippen molar-refractivity contribution in [3.63, 3.8) is 0 Å². The summed E-state index contributed by atoms with van der Waals surface area (Å²) in [6, 6.07) is 7.66. The Labute approximate surface area is 103 Å². The van der Waals surface area contributed by atoms with Gasteiger partial charge in [-0.15, -0.1) is 0 Å². The Morgan fingerprint density at radius 1 is 1.50 bits per heavy atom. The first-order valence-electron chi connectivity index (χ1n) is 4.63. The molecule has 0 aliphatic heterocycles. The van der Waals surface area contributed by atoms with Gasteiger partial charge < -0.3 is 0 Å². The van der Waals surface area contributed by atoms with E-state index in [1.807, 2.05) is 24.3 Å². The standard InChI is InChI=1S/C11H8ClN3S/c12-10-3-1-2-9(4-10)6-15-7-11(5-14-15)13-8-16/h1-5,7H,6H2. The summed E-state index contributed by atoms with van der Waals surface area (Å²) in [6.45, 7) is 0.660. The molecular formula is C11H8ClN3S. The minimum absolute atomic E-state index is 0.660. The Balaban J connectivity index is 2.17. The highest BCUT2D eigenvalue weighted by atomic mass is 35.5. The minimum atomic E-state index is 0.660. The van der Waals surface area contributed by atoms with E-state index in [-0.39, 0.29) is 0 Å². The third-order valence-corrected chi connectivity index (χ3v) is 2.35. The number of thiocarbonyl (C=S) groups is 1. The van der Waals surface area contributed by atoms with Gasteiger partial charge in [0.25, 0.3) is 0 Å². The molecule has 2 rings (SSSR count). The van der Waals surface area contributed by atoms with Gasteiger partial charge in [0.1, 0.15) is 5.69 Å². The Bertz CT molecular complexity index is 544. The minimum Gasteiger partial charge on any atom is -0.266 e. The van der Waals surface area contributed by atoms with Crippen LogP contribution in [0.5, 0.6) is 0 Å². The van der Waals surface area contributed by atoms with E-state index >= 15 is 0 Å². The molecule has 3 nitrogen and oxygen atoms in total. The molecule has 0 saturated carbocycles. The van der Waals surface area contributed by atoms with Crippen LogP contribution >= 0.6 is 23.8 Å². The normalized spacial score (nSPS) is 9.81. The summed E-state index contributed by atoms with van der Waals surface area (Å²) in [6.07, 6.45) is 3.45. The number of rotatable bonds is 3. The zero-order valence-electron chi connectivity index (χ0n) is 8.30. The van der Waals surface area contributed by atoms with Crippen LogP contribution in [0.1, 0.15) is 5.56 Å². The fraction of sp³-hybridized carbons (Fsp3) is 0.0909. The van der Waals surface area contributed by atoms with Crippen molar-refractivity contribution < 1.29 is 0 Å². The van der Waals surface area contributed by atoms with Crippen LogP contribution in [-0.2, 0) is 6.54 Å². The monoisotopic (exact) mass is 249 g/mol. The molecule has 0 aliphatic rings. The zero-order valence-corrected chi connectivity index (χ0v) is 9.87. The first-order valence-corrected chi connectivity index (χ1v) is 5.41. The van der Waals surface area contributed by atoms with Gasteiger partial charge in [-0.2, -0.15) is 10.1 Å². The summed E-state index contributed by atoms with van der Waals surface area (Å²) in [4.78, 5) is 3.84. The van der Waals surface area contributed by atoms with E-state index in [2.05, 4.69) is 27.5 Å². The average molecular weight is 250 g/mol. The van der Waals surface area contributed by atoms with E-state index in [9.17, 15) is 0 Å². The molecule has 0 bridgehead atoms. The lowest BCUT2D eigenvalue weighted by atomic mass is 10.2. The smallest absolute Gasteiger partial charge is 0.112 e. The van der Waals surface area contributed by atoms with Crippen molar-refractivity contribution in [1.82, 2.24) is 9.78 Å². The van der Waals surface area contributed by atoms with Gasteiger partial charge in [-0.25, -0.2) is 0 Å². The lowest BCUT2D eigenvalue weighted by Crippen LogP contribution is -1.99. The second kappa shape index (κ2) is 5.03. The fourth-order valence-electron chi connectivity index (χ4n) is 1.37. The summed E-state index contributed by atoms with van der Waals surface area (Å²) < 4.78 is 1.77. The predicted molar refractivity (Wildman–Crippen MR) is 67.5 cm³/mol. The van der Waals surface area contributed by atoms with Gasteiger partial charge in [0, 0.05) is 5.02 Å². The van der Waals surface area contributed by atoms with Crippen LogP contribution in [-0.4, -0.2) is 14.9 Å². The van der Waals surface area contributed by atoms with E-state index in [0.717, 1.165) is 10.6 Å². The first kappa shape index (κ1) is 11.0. The molecule has 1 aromatic carbocycles. The van der Waals surface area contributed by atoms with E-state index in [0.29, 0.717) is 12.2 Å². The molecule has 0 spiro atoms. The Morgan fingerprint density at radius 2 is 2.38 bits per heavy atom. The van der Waals surface area contributed by atoms with Gasteiger partial charge in [0.15, 0.2) is 0 Å². The maximum absolute atomic E-state index is 5.89. The number of hydrogen-bond donors (Lipinski definition) is 0. The van der Waals surface area contributed by atoms with Gasteiger partial charge in [-0.3, -0.25) is 4.68 Å². The fourth-order valence-corrected chi connectivity index (χ4v) is 1.69. The first-order chi connectivity index (χ1) is 7.78. The summed E-state index contributed by atoms with van der Waals surface area (Å²) >= 11 is 10.4. The molecule has 0 amide bonds. The molecule has 2 aromatic rings. The highest BCUT2D eigenvalue weighted by Gasteiger charge is 1.99. The molecule has 0 fully saturated rings. The topological polar surface area (TPSA) is 30.2 Å². The number of aromatic nitrogens is 2. The quantitative estimate of drug-likeness (QED) is 0.617. The molecule has 1 aromatic heterocycles. The molecule has 16 heavy (non-hydrogen) atoms. The van der Waals surface area contributed by atoms with Crippen LogP contribution < -0.4 is 0 Å². The van der Waals surface area contributed by atoms with Crippen LogP contribution in [0.15, 0.2) is 41.7 Å². The molecule has 80 valence electrons. The van der Waals surface area contributed by atoms with Crippen LogP contribution in [0.2, 0.25) is 5.02 Å². The number of nitrogens with zero attached hydrogens (tertiary/aromatic N) is 3. The molecule has 0 saturated heterocycles. The van der Waals surface area contributed by atoms with Crippen molar-refractivity contribution in [3.05, 3.63) is 47.2 Å². The molecule has 0 radical (unpaired) electrons. The molecule has 0 N–H and O–H groups in total. The van der Waals surface area contributed by atoms with E-state index in [1.54, 1.807) is 17.1 Å². The lowest BCUT2D eigenvalue weighted by Gasteiger charge is -2.01. The third-order valence-electron chi connectivity index (χ3n) is 2.03. The van der Waals surface area contributed by atoms with Crippen LogP contribution in [0, 0.1) is 0 Å². The summed E-state index contributed by atoms with van der Waals surface area (Å²) in [5.41, 5.74) is 1.80. The van der Waals surface area contributed by atoms with Gasteiger partial charge in [0.05, 0.1) is 24.1 Å². The molecule has 0 aliphatic carbocycles. The van der Waals surface area contributed by atoms with Crippen LogP contribution in [0.3, 0.4) is 0 Å². The number of benzene rings is 1. The van der Waals surface area contributed by atoms with Crippen LogP contribution in [0.4, 0.5) is 5.69 Å². The van der Waals surface area contributed by atoms with Crippen molar-refractivity contribution in [2.24, 2.45) is 4.99 Å². The Hall–Kier alpha value is -1.48. The molecule has 0 atom stereocenters. The van der Waals surface area contributed by atoms with Gasteiger partial charge in [-0.05, 0) is 29.9 Å². The van der Waals surface area contributed by atoms with Gasteiger partial charge in [0.2, 0.25) is 0 Å². The van der Waals surface area contributed by atoms with Crippen LogP contribution in [0.25, 0.3) is 0 Å². The second-order valence-electron chi connectivity index (χ2n) is 3.23. The largest absolute Gasteiger partial charge is 0.266 e. The van der Waals surface area contributed by atoms with Crippen molar-refractivity contribution in [2.75, 3.05) is 0 Å². The Kier molecular flexibility index (Phi) is 3.47. The number of halogens is 1. The van der Waals surface area contributed by atoms with Gasteiger partial charge >= 0.3 is 0 Å². The van der Waals surface area contributed by atoms with Crippen molar-refractivity contribution >= 4 is 34.7 Å². The molecule has 5 heteroatoms. The van der Waals surface area contributed by atoms with Crippen molar-refractivity contribution in [3.8, 4) is 0 Å². The molecular weight excluding hydrogens is 242 g/mol. The second-order valence-corrected chi connectivity index (χ2v) is 3.85. The van der Waals surface area contributed by atoms with Crippen molar-refractivity contribution in [2.45, 2.75) is 6.54 Å². The number of hydrogen-bond acceptors (Lipinski definition) is 3.